The van der Waals surface area contributed by atoms with Gasteiger partial charge in [0.25, 0.3) is 0 Å². The van der Waals surface area contributed by atoms with Crippen LogP contribution in [0.25, 0.3) is 0 Å². The van der Waals surface area contributed by atoms with Gasteiger partial charge in [-0.1, -0.05) is 20.3 Å². The molecular weight excluding hydrogens is 194 g/mol. The summed E-state index contributed by atoms with van der Waals surface area (Å²) in [6, 6.07) is 0. The Kier molecular flexibility index (Phi) is 4.12. The van der Waals surface area contributed by atoms with Crippen molar-refractivity contribution in [1.82, 2.24) is 4.90 Å². The molecule has 1 fully saturated rings. The van der Waals surface area contributed by atoms with Gasteiger partial charge in [-0.25, -0.2) is 0 Å². The van der Waals surface area contributed by atoms with E-state index in [1.165, 1.54) is 0 Å². The summed E-state index contributed by atoms with van der Waals surface area (Å²) in [7, 11) is 0. The van der Waals surface area contributed by atoms with Crippen molar-refractivity contribution in [3.8, 4) is 0 Å². The molecule has 1 aliphatic rings. The summed E-state index contributed by atoms with van der Waals surface area (Å²) in [5.74, 6) is -0.644. The Hall–Kier alpha value is -1.06. The van der Waals surface area contributed by atoms with Crippen molar-refractivity contribution in [3.63, 3.8) is 0 Å². The number of carbonyl (C=O) groups is 2. The molecule has 86 valence electrons. The van der Waals surface area contributed by atoms with E-state index in [1.807, 2.05) is 6.92 Å². The topological polar surface area (TPSA) is 57.6 Å². The molecular formula is C11H19NO3. The van der Waals surface area contributed by atoms with Crippen LogP contribution in [0.1, 0.15) is 33.1 Å². The monoisotopic (exact) mass is 213 g/mol. The molecule has 1 aliphatic heterocycles. The summed E-state index contributed by atoms with van der Waals surface area (Å²) >= 11 is 0. The molecule has 0 bridgehead atoms. The predicted octanol–water partition coefficient (Wildman–Crippen LogP) is 1.36. The lowest BCUT2D eigenvalue weighted by atomic mass is 10.0. The second kappa shape index (κ2) is 5.14. The van der Waals surface area contributed by atoms with E-state index in [2.05, 4.69) is 6.92 Å². The molecule has 1 rings (SSSR count). The SMILES string of the molecule is CC[C@@H](C)CC(=O)N1CC[C@H](C(=O)O)C1. The van der Waals surface area contributed by atoms with Crippen molar-refractivity contribution in [3.05, 3.63) is 0 Å². The van der Waals surface area contributed by atoms with Gasteiger partial charge < -0.3 is 10.0 Å². The molecule has 4 heteroatoms. The van der Waals surface area contributed by atoms with Gasteiger partial charge in [0.05, 0.1) is 5.92 Å². The summed E-state index contributed by atoms with van der Waals surface area (Å²) in [4.78, 5) is 24.1. The highest BCUT2D eigenvalue weighted by molar-refractivity contribution is 5.78. The van der Waals surface area contributed by atoms with Crippen LogP contribution in [-0.2, 0) is 9.59 Å². The molecule has 1 N–H and O–H groups in total. The van der Waals surface area contributed by atoms with Gasteiger partial charge in [-0.3, -0.25) is 9.59 Å². The third-order valence-electron chi connectivity index (χ3n) is 3.11. The molecule has 0 aromatic heterocycles. The standard InChI is InChI=1S/C11H19NO3/c1-3-8(2)6-10(13)12-5-4-9(7-12)11(14)15/h8-9H,3-7H2,1-2H3,(H,14,15)/t8-,9+/m1/s1. The number of nitrogens with zero attached hydrogens (tertiary/aromatic N) is 1. The Morgan fingerprint density at radius 3 is 2.67 bits per heavy atom. The second-order valence-corrected chi connectivity index (χ2v) is 4.38. The molecule has 0 radical (unpaired) electrons. The van der Waals surface area contributed by atoms with Crippen molar-refractivity contribution >= 4 is 11.9 Å². The molecule has 0 spiro atoms. The molecule has 0 saturated carbocycles. The maximum Gasteiger partial charge on any atom is 0.308 e. The number of rotatable bonds is 4. The van der Waals surface area contributed by atoms with Crippen molar-refractivity contribution in [2.45, 2.75) is 33.1 Å². The summed E-state index contributed by atoms with van der Waals surface area (Å²) < 4.78 is 0. The van der Waals surface area contributed by atoms with E-state index in [4.69, 9.17) is 5.11 Å². The Morgan fingerprint density at radius 2 is 2.20 bits per heavy atom. The van der Waals surface area contributed by atoms with Crippen LogP contribution in [0.4, 0.5) is 0 Å². The Bertz CT molecular complexity index is 252. The molecule has 2 atom stereocenters. The quantitative estimate of drug-likeness (QED) is 0.767. The normalized spacial score (nSPS) is 22.8. The summed E-state index contributed by atoms with van der Waals surface area (Å²) in [5, 5.41) is 8.80. The largest absolute Gasteiger partial charge is 0.481 e. The minimum Gasteiger partial charge on any atom is -0.481 e. The zero-order valence-electron chi connectivity index (χ0n) is 9.40. The van der Waals surface area contributed by atoms with Gasteiger partial charge in [0.2, 0.25) is 5.91 Å². The van der Waals surface area contributed by atoms with E-state index in [9.17, 15) is 9.59 Å². The molecule has 1 saturated heterocycles. The fourth-order valence-corrected chi connectivity index (χ4v) is 1.76. The van der Waals surface area contributed by atoms with Crippen LogP contribution < -0.4 is 0 Å². The van der Waals surface area contributed by atoms with E-state index in [0.717, 1.165) is 6.42 Å². The van der Waals surface area contributed by atoms with Gasteiger partial charge in [-0.15, -0.1) is 0 Å². The van der Waals surface area contributed by atoms with Crippen LogP contribution in [0, 0.1) is 11.8 Å². The van der Waals surface area contributed by atoms with E-state index in [-0.39, 0.29) is 11.8 Å². The summed E-state index contributed by atoms with van der Waals surface area (Å²) in [6.07, 6.45) is 2.13. The van der Waals surface area contributed by atoms with Crippen LogP contribution in [0.2, 0.25) is 0 Å². The van der Waals surface area contributed by atoms with Crippen LogP contribution in [0.3, 0.4) is 0 Å². The van der Waals surface area contributed by atoms with E-state index >= 15 is 0 Å². The first-order valence-electron chi connectivity index (χ1n) is 5.55. The van der Waals surface area contributed by atoms with E-state index in [0.29, 0.717) is 31.8 Å². The first-order valence-corrected chi connectivity index (χ1v) is 5.55. The van der Waals surface area contributed by atoms with Crippen molar-refractivity contribution in [1.29, 1.82) is 0 Å². The number of amides is 1. The maximum absolute atomic E-state index is 11.7. The lowest BCUT2D eigenvalue weighted by Gasteiger charge is -2.17. The highest BCUT2D eigenvalue weighted by Crippen LogP contribution is 2.19. The molecule has 1 amide bonds. The highest BCUT2D eigenvalue weighted by atomic mass is 16.4. The van der Waals surface area contributed by atoms with Gasteiger partial charge in [-0.2, -0.15) is 0 Å². The van der Waals surface area contributed by atoms with Crippen LogP contribution >= 0.6 is 0 Å². The molecule has 1 heterocycles. The van der Waals surface area contributed by atoms with Crippen LogP contribution in [-0.4, -0.2) is 35.0 Å². The molecule has 4 nitrogen and oxygen atoms in total. The van der Waals surface area contributed by atoms with Crippen LogP contribution in [0.5, 0.6) is 0 Å². The number of carboxylic acids is 1. The smallest absolute Gasteiger partial charge is 0.308 e. The first kappa shape index (κ1) is 12.0. The van der Waals surface area contributed by atoms with Gasteiger partial charge in [0, 0.05) is 19.5 Å². The first-order chi connectivity index (χ1) is 7.04. The minimum atomic E-state index is -0.783. The van der Waals surface area contributed by atoms with E-state index < -0.39 is 5.97 Å². The molecule has 0 unspecified atom stereocenters. The third-order valence-corrected chi connectivity index (χ3v) is 3.11. The van der Waals surface area contributed by atoms with Crippen molar-refractivity contribution < 1.29 is 14.7 Å². The predicted molar refractivity (Wildman–Crippen MR) is 56.4 cm³/mol. The van der Waals surface area contributed by atoms with Crippen molar-refractivity contribution in [2.24, 2.45) is 11.8 Å². The second-order valence-electron chi connectivity index (χ2n) is 4.38. The number of hydrogen-bond donors (Lipinski definition) is 1. The lowest BCUT2D eigenvalue weighted by Crippen LogP contribution is -2.30. The van der Waals surface area contributed by atoms with Gasteiger partial charge in [0.1, 0.15) is 0 Å². The van der Waals surface area contributed by atoms with Gasteiger partial charge >= 0.3 is 5.97 Å². The fraction of sp³-hybridized carbons (Fsp3) is 0.818. The highest BCUT2D eigenvalue weighted by Gasteiger charge is 2.30. The van der Waals surface area contributed by atoms with E-state index in [1.54, 1.807) is 4.90 Å². The maximum atomic E-state index is 11.7. The number of likely N-dealkylation sites (tertiary alicyclic amines) is 1. The number of aliphatic carboxylic acids is 1. The van der Waals surface area contributed by atoms with Crippen LogP contribution in [0.15, 0.2) is 0 Å². The molecule has 0 aliphatic carbocycles. The average Bonchev–Trinajstić information content (AvgIpc) is 2.66. The summed E-state index contributed by atoms with van der Waals surface area (Å²) in [6.45, 7) is 5.10. The number of carbonyl (C=O) groups excluding carboxylic acids is 1. The van der Waals surface area contributed by atoms with Gasteiger partial charge in [0.15, 0.2) is 0 Å². The summed E-state index contributed by atoms with van der Waals surface area (Å²) in [5.41, 5.74) is 0. The number of hydrogen-bond acceptors (Lipinski definition) is 2. The Balaban J connectivity index is 2.40. The minimum absolute atomic E-state index is 0.105. The van der Waals surface area contributed by atoms with Crippen molar-refractivity contribution in [2.75, 3.05) is 13.1 Å². The Morgan fingerprint density at radius 1 is 1.53 bits per heavy atom. The lowest BCUT2D eigenvalue weighted by molar-refractivity contribution is -0.141. The average molecular weight is 213 g/mol. The zero-order chi connectivity index (χ0) is 11.4. The fourth-order valence-electron chi connectivity index (χ4n) is 1.76. The molecule has 0 aromatic carbocycles. The zero-order valence-corrected chi connectivity index (χ0v) is 9.40. The van der Waals surface area contributed by atoms with Gasteiger partial charge in [-0.05, 0) is 12.3 Å². The number of carboxylic acid groups (broad SMARTS) is 1. The molecule has 15 heavy (non-hydrogen) atoms. The third kappa shape index (κ3) is 3.22. The molecule has 0 aromatic rings. The Labute approximate surface area is 90.3 Å².